The fourth-order valence-electron chi connectivity index (χ4n) is 2.04. The van der Waals surface area contributed by atoms with Gasteiger partial charge in [0.15, 0.2) is 0 Å². The lowest BCUT2D eigenvalue weighted by molar-refractivity contribution is -0.120. The van der Waals surface area contributed by atoms with Crippen LogP contribution in [-0.4, -0.2) is 48.6 Å². The van der Waals surface area contributed by atoms with Gasteiger partial charge in [0.05, 0.1) is 6.54 Å². The molecule has 2 fully saturated rings. The smallest absolute Gasteiger partial charge is 0.321 e. The van der Waals surface area contributed by atoms with Gasteiger partial charge in [-0.15, -0.1) is 0 Å². The highest BCUT2D eigenvalue weighted by molar-refractivity contribution is 5.95. The van der Waals surface area contributed by atoms with Crippen LogP contribution in [0.5, 0.6) is 0 Å². The molecule has 17 heavy (non-hydrogen) atoms. The average molecular weight is 240 g/mol. The number of hydrogen-bond donors (Lipinski definition) is 3. The van der Waals surface area contributed by atoms with E-state index in [1.165, 1.54) is 0 Å². The summed E-state index contributed by atoms with van der Waals surface area (Å²) in [7, 11) is 0. The van der Waals surface area contributed by atoms with Gasteiger partial charge in [-0.2, -0.15) is 0 Å². The standard InChI is InChI=1S/C11H20N4O2/c1-7-4-15(5-9(7)12)6-10(16)14-11(17)13-8-2-3-8/h7-9H,2-6,12H2,1H3,(H2,13,14,16,17). The van der Waals surface area contributed by atoms with E-state index in [2.05, 4.69) is 17.6 Å². The Morgan fingerprint density at radius 1 is 1.35 bits per heavy atom. The molecule has 1 saturated heterocycles. The van der Waals surface area contributed by atoms with E-state index in [4.69, 9.17) is 5.73 Å². The predicted octanol–water partition coefficient (Wildman–Crippen LogP) is -0.746. The molecular formula is C11H20N4O2. The van der Waals surface area contributed by atoms with Crippen molar-refractivity contribution in [1.29, 1.82) is 0 Å². The first-order chi connectivity index (χ1) is 8.04. The number of likely N-dealkylation sites (tertiary alicyclic amines) is 1. The Morgan fingerprint density at radius 3 is 2.59 bits per heavy atom. The van der Waals surface area contributed by atoms with Crippen molar-refractivity contribution in [3.8, 4) is 0 Å². The largest absolute Gasteiger partial charge is 0.335 e. The highest BCUT2D eigenvalue weighted by atomic mass is 16.2. The van der Waals surface area contributed by atoms with Crippen LogP contribution < -0.4 is 16.4 Å². The number of rotatable bonds is 3. The minimum Gasteiger partial charge on any atom is -0.335 e. The van der Waals surface area contributed by atoms with Gasteiger partial charge in [0, 0.05) is 25.2 Å². The third-order valence-corrected chi connectivity index (χ3v) is 3.28. The summed E-state index contributed by atoms with van der Waals surface area (Å²) in [5.74, 6) is 0.146. The summed E-state index contributed by atoms with van der Waals surface area (Å²) in [5.41, 5.74) is 5.87. The molecule has 1 heterocycles. The summed E-state index contributed by atoms with van der Waals surface area (Å²) < 4.78 is 0. The van der Waals surface area contributed by atoms with Crippen LogP contribution in [0.25, 0.3) is 0 Å². The highest BCUT2D eigenvalue weighted by Gasteiger charge is 2.28. The summed E-state index contributed by atoms with van der Waals surface area (Å²) in [6.45, 7) is 3.86. The fourth-order valence-corrected chi connectivity index (χ4v) is 2.04. The van der Waals surface area contributed by atoms with E-state index in [1.54, 1.807) is 0 Å². The molecule has 6 nitrogen and oxygen atoms in total. The van der Waals surface area contributed by atoms with Crippen LogP contribution in [0.1, 0.15) is 19.8 Å². The van der Waals surface area contributed by atoms with Crippen LogP contribution in [0.3, 0.4) is 0 Å². The Bertz CT molecular complexity index is 307. The molecule has 1 aliphatic carbocycles. The van der Waals surface area contributed by atoms with Gasteiger partial charge in [0.25, 0.3) is 0 Å². The van der Waals surface area contributed by atoms with Crippen LogP contribution in [-0.2, 0) is 4.79 Å². The van der Waals surface area contributed by atoms with Gasteiger partial charge < -0.3 is 11.1 Å². The Hall–Kier alpha value is -1.14. The molecular weight excluding hydrogens is 220 g/mol. The minimum absolute atomic E-state index is 0.128. The zero-order valence-corrected chi connectivity index (χ0v) is 10.1. The van der Waals surface area contributed by atoms with Crippen LogP contribution in [0.2, 0.25) is 0 Å². The number of amides is 3. The quantitative estimate of drug-likeness (QED) is 0.606. The third-order valence-electron chi connectivity index (χ3n) is 3.28. The Labute approximate surface area is 101 Å². The lowest BCUT2D eigenvalue weighted by atomic mass is 10.1. The molecule has 0 aromatic carbocycles. The second kappa shape index (κ2) is 5.01. The van der Waals surface area contributed by atoms with Crippen LogP contribution in [0.4, 0.5) is 4.79 Å². The highest BCUT2D eigenvalue weighted by Crippen LogP contribution is 2.18. The van der Waals surface area contributed by atoms with E-state index < -0.39 is 0 Å². The Kier molecular flexibility index (Phi) is 3.63. The van der Waals surface area contributed by atoms with Gasteiger partial charge in [-0.25, -0.2) is 4.79 Å². The summed E-state index contributed by atoms with van der Waals surface area (Å²) in [6, 6.07) is 0.0140. The maximum Gasteiger partial charge on any atom is 0.321 e. The zero-order valence-electron chi connectivity index (χ0n) is 10.1. The summed E-state index contributed by atoms with van der Waals surface area (Å²) >= 11 is 0. The van der Waals surface area contributed by atoms with Crippen molar-refractivity contribution in [3.63, 3.8) is 0 Å². The predicted molar refractivity (Wildman–Crippen MR) is 63.3 cm³/mol. The van der Waals surface area contributed by atoms with Gasteiger partial charge in [0.2, 0.25) is 5.91 Å². The summed E-state index contributed by atoms with van der Waals surface area (Å²) in [6.07, 6.45) is 2.03. The first-order valence-electron chi connectivity index (χ1n) is 6.13. The number of urea groups is 1. The number of nitrogens with one attached hydrogen (secondary N) is 2. The van der Waals surface area contributed by atoms with E-state index in [9.17, 15) is 9.59 Å². The molecule has 3 amide bonds. The number of nitrogens with zero attached hydrogens (tertiary/aromatic N) is 1. The van der Waals surface area contributed by atoms with Crippen molar-refractivity contribution in [3.05, 3.63) is 0 Å². The molecule has 96 valence electrons. The van der Waals surface area contributed by atoms with Gasteiger partial charge in [-0.3, -0.25) is 15.0 Å². The Morgan fingerprint density at radius 2 is 2.06 bits per heavy atom. The monoisotopic (exact) mass is 240 g/mol. The second-order valence-electron chi connectivity index (χ2n) is 5.13. The second-order valence-corrected chi connectivity index (χ2v) is 5.13. The summed E-state index contributed by atoms with van der Waals surface area (Å²) in [5, 5.41) is 5.05. The van der Waals surface area contributed by atoms with Gasteiger partial charge >= 0.3 is 6.03 Å². The van der Waals surface area contributed by atoms with Gasteiger partial charge in [0.1, 0.15) is 0 Å². The first kappa shape index (κ1) is 12.3. The number of nitrogens with two attached hydrogens (primary N) is 1. The number of carbonyl (C=O) groups excluding carboxylic acids is 2. The normalized spacial score (nSPS) is 29.1. The van der Waals surface area contributed by atoms with Crippen molar-refractivity contribution >= 4 is 11.9 Å². The Balaban J connectivity index is 1.68. The molecule has 0 radical (unpaired) electrons. The molecule has 1 aliphatic heterocycles. The lowest BCUT2D eigenvalue weighted by Gasteiger charge is -2.14. The van der Waals surface area contributed by atoms with Crippen molar-refractivity contribution in [1.82, 2.24) is 15.5 Å². The molecule has 0 aromatic rings. The molecule has 1 saturated carbocycles. The molecule has 4 N–H and O–H groups in total. The number of carbonyl (C=O) groups is 2. The van der Waals surface area contributed by atoms with E-state index in [1.807, 2.05) is 4.90 Å². The molecule has 2 atom stereocenters. The zero-order chi connectivity index (χ0) is 12.4. The molecule has 2 aliphatic rings. The van der Waals surface area contributed by atoms with Gasteiger partial charge in [-0.1, -0.05) is 6.92 Å². The van der Waals surface area contributed by atoms with Gasteiger partial charge in [-0.05, 0) is 18.8 Å². The summed E-state index contributed by atoms with van der Waals surface area (Å²) in [4.78, 5) is 24.9. The van der Waals surface area contributed by atoms with Crippen LogP contribution in [0, 0.1) is 5.92 Å². The van der Waals surface area contributed by atoms with Crippen molar-refractivity contribution in [2.45, 2.75) is 31.8 Å². The van der Waals surface area contributed by atoms with E-state index >= 15 is 0 Å². The maximum absolute atomic E-state index is 11.6. The van der Waals surface area contributed by atoms with Crippen molar-refractivity contribution in [2.75, 3.05) is 19.6 Å². The van der Waals surface area contributed by atoms with Crippen LogP contribution in [0.15, 0.2) is 0 Å². The third kappa shape index (κ3) is 3.67. The molecule has 0 spiro atoms. The topological polar surface area (TPSA) is 87.5 Å². The number of imide groups is 1. The van der Waals surface area contributed by atoms with E-state index in [0.29, 0.717) is 5.92 Å². The molecule has 2 rings (SSSR count). The van der Waals surface area contributed by atoms with Crippen molar-refractivity contribution in [2.24, 2.45) is 11.7 Å². The van der Waals surface area contributed by atoms with Crippen LogP contribution >= 0.6 is 0 Å². The molecule has 0 aromatic heterocycles. The minimum atomic E-state index is -0.381. The molecule has 2 unspecified atom stereocenters. The maximum atomic E-state index is 11.6. The molecule has 6 heteroatoms. The molecule has 0 bridgehead atoms. The van der Waals surface area contributed by atoms with E-state index in [-0.39, 0.29) is 30.6 Å². The average Bonchev–Trinajstić information content (AvgIpc) is 2.94. The van der Waals surface area contributed by atoms with E-state index in [0.717, 1.165) is 25.9 Å². The lowest BCUT2D eigenvalue weighted by Crippen LogP contribution is -2.45. The SMILES string of the molecule is CC1CN(CC(=O)NC(=O)NC2CC2)CC1N. The van der Waals surface area contributed by atoms with Crippen molar-refractivity contribution < 1.29 is 9.59 Å². The fraction of sp³-hybridized carbons (Fsp3) is 0.818. The number of hydrogen-bond acceptors (Lipinski definition) is 4. The first-order valence-corrected chi connectivity index (χ1v) is 6.13.